The number of pyridine rings is 1. The maximum Gasteiger partial charge on any atom is 2.00 e. The van der Waals surface area contributed by atoms with Gasteiger partial charge in [-0.2, -0.15) is 17.2 Å². The third-order valence-electron chi connectivity index (χ3n) is 8.94. The molecule has 49 heavy (non-hydrogen) atoms. The minimum Gasteiger partial charge on any atom is -0.509 e. The number of hydrogen-bond acceptors (Lipinski definition) is 4. The van der Waals surface area contributed by atoms with Crippen LogP contribution in [0.25, 0.3) is 44.4 Å². The summed E-state index contributed by atoms with van der Waals surface area (Å²) >= 11 is 0. The predicted octanol–water partition coefficient (Wildman–Crippen LogP) is 10.0. The van der Waals surface area contributed by atoms with Crippen molar-refractivity contribution in [1.29, 1.82) is 0 Å². The Morgan fingerprint density at radius 1 is 0.755 bits per heavy atom. The summed E-state index contributed by atoms with van der Waals surface area (Å²) in [7, 11) is 4.17. The van der Waals surface area contributed by atoms with E-state index in [-0.39, 0.29) is 25.8 Å². The Balaban J connectivity index is 0.00000417. The average Bonchev–Trinajstić information content (AvgIpc) is 3.55. The van der Waals surface area contributed by atoms with E-state index in [1.165, 1.54) is 27.9 Å². The Morgan fingerprint density at radius 3 is 2.16 bits per heavy atom. The van der Waals surface area contributed by atoms with Gasteiger partial charge in [0.2, 0.25) is 0 Å². The van der Waals surface area contributed by atoms with Gasteiger partial charge < -0.3 is 14.2 Å². The number of rotatable bonds is 6. The molecule has 0 saturated carbocycles. The number of benzene rings is 4. The number of nitrogens with zero attached hydrogens (tertiary/aromatic N) is 5. The van der Waals surface area contributed by atoms with Gasteiger partial charge in [0.05, 0.1) is 11.4 Å². The quantitative estimate of drug-likeness (QED) is 0.126. The van der Waals surface area contributed by atoms with Gasteiger partial charge in [-0.05, 0) is 91.4 Å². The third-order valence-corrected chi connectivity index (χ3v) is 8.94. The second-order valence-electron chi connectivity index (χ2n) is 14.0. The number of hydrogen-bond donors (Lipinski definition) is 0. The third kappa shape index (κ3) is 6.18. The van der Waals surface area contributed by atoms with Gasteiger partial charge in [-0.1, -0.05) is 44.5 Å². The molecular weight excluding hydrogens is 697 g/mol. The smallest absolute Gasteiger partial charge is 0.509 e. The van der Waals surface area contributed by atoms with E-state index < -0.39 is 0 Å². The molecule has 250 valence electrons. The first-order chi connectivity index (χ1) is 22.9. The van der Waals surface area contributed by atoms with Gasteiger partial charge in [0.1, 0.15) is 5.82 Å². The maximum atomic E-state index is 6.49. The molecule has 0 atom stereocenters. The van der Waals surface area contributed by atoms with Gasteiger partial charge in [0.15, 0.2) is 0 Å². The Morgan fingerprint density at radius 2 is 1.47 bits per heavy atom. The molecule has 0 fully saturated rings. The van der Waals surface area contributed by atoms with Crippen molar-refractivity contribution in [2.75, 3.05) is 19.0 Å². The number of para-hydroxylation sites is 1. The van der Waals surface area contributed by atoms with Gasteiger partial charge in [-0.3, -0.25) is 4.68 Å². The van der Waals surface area contributed by atoms with Crippen LogP contribution in [0.15, 0.2) is 85.1 Å². The Bertz CT molecular complexity index is 2320. The molecule has 3 heterocycles. The molecule has 0 unspecified atom stereocenters. The fraction of sp³-hybridized carbons (Fsp3) is 0.238. The van der Waals surface area contributed by atoms with Crippen LogP contribution in [0.1, 0.15) is 48.8 Å². The summed E-state index contributed by atoms with van der Waals surface area (Å²) in [4.78, 5) is 6.86. The Hall–Kier alpha value is -4.70. The molecular formula is C42H41N5OPd. The largest absolute Gasteiger partial charge is 2.00 e. The molecule has 7 heteroatoms. The monoisotopic (exact) mass is 737 g/mol. The number of fused-ring (bicyclic) bond motifs is 3. The van der Waals surface area contributed by atoms with Gasteiger partial charge in [0.25, 0.3) is 0 Å². The molecule has 0 aliphatic carbocycles. The summed E-state index contributed by atoms with van der Waals surface area (Å²) < 4.78 is 10.7. The minimum atomic E-state index is -0.198. The van der Waals surface area contributed by atoms with Crippen molar-refractivity contribution in [3.05, 3.63) is 125 Å². The van der Waals surface area contributed by atoms with Crippen molar-refractivity contribution in [2.24, 2.45) is 0 Å². The van der Waals surface area contributed by atoms with Gasteiger partial charge in [-0.15, -0.1) is 35.7 Å². The normalized spacial score (nSPS) is 11.6. The zero-order chi connectivity index (χ0) is 33.9. The second kappa shape index (κ2) is 13.0. The summed E-state index contributed by atoms with van der Waals surface area (Å²) in [6.07, 6.45) is 1.85. The summed E-state index contributed by atoms with van der Waals surface area (Å²) in [5, 5.41) is 7.37. The molecule has 0 spiro atoms. The van der Waals surface area contributed by atoms with E-state index in [0.717, 1.165) is 50.3 Å². The topological polar surface area (TPSA) is 48.1 Å². The molecule has 6 nitrogen and oxygen atoms in total. The van der Waals surface area contributed by atoms with Crippen LogP contribution in [0.5, 0.6) is 11.5 Å². The van der Waals surface area contributed by atoms with E-state index >= 15 is 0 Å². The number of anilines is 1. The van der Waals surface area contributed by atoms with E-state index in [1.807, 2.05) is 41.2 Å². The number of aromatic nitrogens is 4. The summed E-state index contributed by atoms with van der Waals surface area (Å²) in [5.74, 6) is 2.05. The van der Waals surface area contributed by atoms with E-state index in [2.05, 4.69) is 133 Å². The van der Waals surface area contributed by atoms with Crippen molar-refractivity contribution >= 4 is 27.5 Å². The molecule has 7 rings (SSSR count). The predicted molar refractivity (Wildman–Crippen MR) is 197 cm³/mol. The van der Waals surface area contributed by atoms with E-state index in [0.29, 0.717) is 11.5 Å². The molecule has 0 saturated heterocycles. The zero-order valence-electron chi connectivity index (χ0n) is 29.5. The molecule has 7 aromatic rings. The zero-order valence-corrected chi connectivity index (χ0v) is 31.1. The molecule has 0 aliphatic heterocycles. The second-order valence-corrected chi connectivity index (χ2v) is 14.0. The number of aryl methyl sites for hydroxylation is 4. The standard InChI is InChI=1S/C42H41N5O.Pd/c1-26-19-20-43-38(21-26)46-36-16-11-10-15-34(36)35-18-17-33(25-37(35)46)48-32-14-12-13-30(24-32)47-41(42(5,6)7)40(29(4)44-47)39-27(2)22-31(45(8)9)23-28(39)3;/h10-23H,1-9H3;/q-2;+2. The summed E-state index contributed by atoms with van der Waals surface area (Å²) in [5.41, 5.74) is 12.0. The molecule has 0 amide bonds. The first kappa shape index (κ1) is 34.2. The van der Waals surface area contributed by atoms with Crippen LogP contribution >= 0.6 is 0 Å². The van der Waals surface area contributed by atoms with Crippen molar-refractivity contribution < 1.29 is 25.2 Å². The van der Waals surface area contributed by atoms with Crippen LogP contribution in [0, 0.1) is 39.8 Å². The average molecular weight is 738 g/mol. The van der Waals surface area contributed by atoms with Crippen molar-refractivity contribution in [2.45, 2.75) is 53.9 Å². The van der Waals surface area contributed by atoms with Crippen molar-refractivity contribution in [1.82, 2.24) is 19.3 Å². The van der Waals surface area contributed by atoms with Crippen LogP contribution in [0.2, 0.25) is 0 Å². The Labute approximate surface area is 303 Å². The van der Waals surface area contributed by atoms with Gasteiger partial charge in [-0.25, -0.2) is 4.98 Å². The number of ether oxygens (including phenoxy) is 1. The molecule has 0 aliphatic rings. The SMILES string of the molecule is Cc1ccnc(-n2c3[c-]c(Oc4[c-]c(-n5nc(C)c(-c6c(C)cc(N(C)C)cc6C)c5C(C)(C)C)ccc4)ccc3c3ccccc32)c1.[Pd+2]. The van der Waals surface area contributed by atoms with Gasteiger partial charge >= 0.3 is 20.4 Å². The van der Waals surface area contributed by atoms with Crippen molar-refractivity contribution in [3.8, 4) is 34.1 Å². The fourth-order valence-electron chi connectivity index (χ4n) is 6.84. The minimum absolute atomic E-state index is 0. The van der Waals surface area contributed by atoms with Crippen LogP contribution < -0.4 is 9.64 Å². The summed E-state index contributed by atoms with van der Waals surface area (Å²) in [6.45, 7) is 15.3. The van der Waals surface area contributed by atoms with Crippen molar-refractivity contribution in [3.63, 3.8) is 0 Å². The summed E-state index contributed by atoms with van der Waals surface area (Å²) in [6, 6.07) is 34.1. The molecule has 0 bridgehead atoms. The van der Waals surface area contributed by atoms with E-state index in [9.17, 15) is 0 Å². The molecule has 0 N–H and O–H groups in total. The van der Waals surface area contributed by atoms with Gasteiger partial charge in [0, 0.05) is 54.0 Å². The van der Waals surface area contributed by atoms with E-state index in [1.54, 1.807) is 0 Å². The molecule has 0 radical (unpaired) electrons. The first-order valence-electron chi connectivity index (χ1n) is 16.4. The van der Waals surface area contributed by atoms with Crippen LogP contribution in [-0.2, 0) is 25.8 Å². The van der Waals surface area contributed by atoms with Crippen LogP contribution in [0.4, 0.5) is 5.69 Å². The first-order valence-corrected chi connectivity index (χ1v) is 16.4. The Kier molecular flexibility index (Phi) is 9.04. The maximum absolute atomic E-state index is 6.49. The van der Waals surface area contributed by atoms with Crippen LogP contribution in [0.3, 0.4) is 0 Å². The molecule has 3 aromatic heterocycles. The molecule has 4 aromatic carbocycles. The van der Waals surface area contributed by atoms with Crippen LogP contribution in [-0.4, -0.2) is 33.4 Å². The van der Waals surface area contributed by atoms with E-state index in [4.69, 9.17) is 14.8 Å². The fourth-order valence-corrected chi connectivity index (χ4v) is 6.84.